The molecular weight excluding hydrogens is 481 g/mol. The van der Waals surface area contributed by atoms with Crippen LogP contribution in [0.15, 0.2) is 48.5 Å². The van der Waals surface area contributed by atoms with Gasteiger partial charge in [0.1, 0.15) is 18.4 Å². The Morgan fingerprint density at radius 1 is 1.03 bits per heavy atom. The van der Waals surface area contributed by atoms with Gasteiger partial charge in [-0.1, -0.05) is 37.6 Å². The molecule has 0 aliphatic carbocycles. The lowest BCUT2D eigenvalue weighted by Crippen LogP contribution is -2.53. The average Bonchev–Trinajstić information content (AvgIpc) is 2.78. The minimum atomic E-state index is -3.87. The van der Waals surface area contributed by atoms with Gasteiger partial charge in [-0.05, 0) is 61.7 Å². The summed E-state index contributed by atoms with van der Waals surface area (Å²) in [6, 6.07) is 10.8. The zero-order valence-electron chi connectivity index (χ0n) is 19.8. The summed E-state index contributed by atoms with van der Waals surface area (Å²) in [6.07, 6.45) is 2.02. The minimum Gasteiger partial charge on any atom is -0.352 e. The van der Waals surface area contributed by atoms with Crippen LogP contribution in [-0.4, -0.2) is 50.0 Å². The molecule has 186 valence electrons. The number of carbonyl (C=O) groups is 2. The Labute approximate surface area is 205 Å². The highest BCUT2D eigenvalue weighted by molar-refractivity contribution is 7.92. The molecule has 0 aromatic heterocycles. The van der Waals surface area contributed by atoms with E-state index in [0.29, 0.717) is 11.4 Å². The quantitative estimate of drug-likeness (QED) is 0.494. The molecule has 2 aromatic carbocycles. The highest BCUT2D eigenvalue weighted by atomic mass is 35.5. The first kappa shape index (κ1) is 27.6. The lowest BCUT2D eigenvalue weighted by atomic mass is 10.1. The van der Waals surface area contributed by atoms with Crippen LogP contribution in [-0.2, 0) is 26.2 Å². The van der Waals surface area contributed by atoms with Crippen LogP contribution in [0, 0.1) is 5.82 Å². The van der Waals surface area contributed by atoms with Crippen molar-refractivity contribution in [3.05, 3.63) is 64.9 Å². The molecule has 0 spiro atoms. The number of halogens is 2. The van der Waals surface area contributed by atoms with E-state index in [1.54, 1.807) is 31.2 Å². The molecule has 1 N–H and O–H groups in total. The number of carbonyl (C=O) groups excluding carboxylic acids is 2. The number of anilines is 1. The second-order valence-electron chi connectivity index (χ2n) is 8.14. The second-order valence-corrected chi connectivity index (χ2v) is 10.5. The SMILES string of the molecule is CC[C@H](C)NC(=O)[C@H](CC)N(Cc1ccc(Cl)cc1)C(=O)CN(c1ccc(F)cc1)S(C)(=O)=O. The van der Waals surface area contributed by atoms with Gasteiger partial charge in [0.15, 0.2) is 0 Å². The molecule has 0 radical (unpaired) electrons. The van der Waals surface area contributed by atoms with Gasteiger partial charge in [-0.2, -0.15) is 0 Å². The van der Waals surface area contributed by atoms with Crippen LogP contribution in [0.25, 0.3) is 0 Å². The van der Waals surface area contributed by atoms with Crippen molar-refractivity contribution in [3.8, 4) is 0 Å². The first-order valence-electron chi connectivity index (χ1n) is 11.0. The van der Waals surface area contributed by atoms with Gasteiger partial charge >= 0.3 is 0 Å². The fourth-order valence-corrected chi connectivity index (χ4v) is 4.34. The fourth-order valence-electron chi connectivity index (χ4n) is 3.37. The predicted octanol–water partition coefficient (Wildman–Crippen LogP) is 3.97. The zero-order chi connectivity index (χ0) is 25.5. The van der Waals surface area contributed by atoms with Gasteiger partial charge in [-0.15, -0.1) is 0 Å². The number of rotatable bonds is 11. The van der Waals surface area contributed by atoms with Gasteiger partial charge in [0, 0.05) is 17.6 Å². The van der Waals surface area contributed by atoms with E-state index >= 15 is 0 Å². The van der Waals surface area contributed by atoms with E-state index in [1.165, 1.54) is 17.0 Å². The monoisotopic (exact) mass is 511 g/mol. The minimum absolute atomic E-state index is 0.0826. The van der Waals surface area contributed by atoms with Gasteiger partial charge < -0.3 is 10.2 Å². The molecule has 2 aromatic rings. The van der Waals surface area contributed by atoms with E-state index in [0.717, 1.165) is 34.7 Å². The van der Waals surface area contributed by atoms with Gasteiger partial charge in [0.25, 0.3) is 0 Å². The molecular formula is C24H31ClFN3O4S. The first-order valence-corrected chi connectivity index (χ1v) is 13.3. The normalized spacial score (nSPS) is 13.1. The number of sulfonamides is 1. The summed E-state index contributed by atoms with van der Waals surface area (Å²) < 4.78 is 39.3. The maximum atomic E-state index is 13.5. The van der Waals surface area contributed by atoms with Crippen LogP contribution < -0.4 is 9.62 Å². The summed E-state index contributed by atoms with van der Waals surface area (Å²) in [5.41, 5.74) is 0.890. The Hall–Kier alpha value is -2.65. The number of amides is 2. The van der Waals surface area contributed by atoms with E-state index in [1.807, 2.05) is 13.8 Å². The number of hydrogen-bond acceptors (Lipinski definition) is 4. The van der Waals surface area contributed by atoms with Crippen LogP contribution in [0.2, 0.25) is 5.02 Å². The summed E-state index contributed by atoms with van der Waals surface area (Å²) in [6.45, 7) is 5.15. The Morgan fingerprint density at radius 3 is 2.12 bits per heavy atom. The molecule has 0 aliphatic rings. The third-order valence-electron chi connectivity index (χ3n) is 5.45. The Balaban J connectivity index is 2.41. The molecule has 34 heavy (non-hydrogen) atoms. The summed E-state index contributed by atoms with van der Waals surface area (Å²) in [4.78, 5) is 27.9. The van der Waals surface area contributed by atoms with Crippen molar-refractivity contribution in [2.75, 3.05) is 17.1 Å². The topological polar surface area (TPSA) is 86.8 Å². The van der Waals surface area contributed by atoms with Gasteiger partial charge in [0.05, 0.1) is 11.9 Å². The van der Waals surface area contributed by atoms with E-state index in [-0.39, 0.29) is 24.2 Å². The lowest BCUT2D eigenvalue weighted by molar-refractivity contribution is -0.140. The lowest BCUT2D eigenvalue weighted by Gasteiger charge is -2.33. The van der Waals surface area contributed by atoms with Crippen molar-refractivity contribution in [2.45, 2.75) is 52.2 Å². The molecule has 0 aliphatic heterocycles. The van der Waals surface area contributed by atoms with Crippen molar-refractivity contribution in [1.29, 1.82) is 0 Å². The molecule has 0 fully saturated rings. The summed E-state index contributed by atoms with van der Waals surface area (Å²) >= 11 is 5.98. The zero-order valence-corrected chi connectivity index (χ0v) is 21.4. The Bertz CT molecular complexity index is 1080. The molecule has 7 nitrogen and oxygen atoms in total. The first-order chi connectivity index (χ1) is 16.0. The van der Waals surface area contributed by atoms with Crippen molar-refractivity contribution >= 4 is 39.1 Å². The molecule has 2 amide bonds. The molecule has 0 bridgehead atoms. The van der Waals surface area contributed by atoms with Crippen molar-refractivity contribution in [1.82, 2.24) is 10.2 Å². The van der Waals surface area contributed by atoms with Crippen molar-refractivity contribution < 1.29 is 22.4 Å². The van der Waals surface area contributed by atoms with E-state index in [4.69, 9.17) is 11.6 Å². The molecule has 2 atom stereocenters. The highest BCUT2D eigenvalue weighted by Gasteiger charge is 2.32. The maximum Gasteiger partial charge on any atom is 0.244 e. The van der Waals surface area contributed by atoms with Crippen LogP contribution in [0.5, 0.6) is 0 Å². The molecule has 0 unspecified atom stereocenters. The van der Waals surface area contributed by atoms with Crippen molar-refractivity contribution in [2.24, 2.45) is 0 Å². The number of benzene rings is 2. The van der Waals surface area contributed by atoms with Gasteiger partial charge in [-0.3, -0.25) is 13.9 Å². The van der Waals surface area contributed by atoms with Crippen LogP contribution in [0.4, 0.5) is 10.1 Å². The average molecular weight is 512 g/mol. The Morgan fingerprint density at radius 2 is 1.62 bits per heavy atom. The van der Waals surface area contributed by atoms with Crippen LogP contribution >= 0.6 is 11.6 Å². The smallest absolute Gasteiger partial charge is 0.244 e. The highest BCUT2D eigenvalue weighted by Crippen LogP contribution is 2.20. The van der Waals surface area contributed by atoms with Gasteiger partial charge in [-0.25, -0.2) is 12.8 Å². The standard InChI is InChI=1S/C24H31ClFN3O4S/c1-5-17(3)27-24(31)22(6-2)28(15-18-7-9-19(25)10-8-18)23(30)16-29(34(4,32)33)21-13-11-20(26)12-14-21/h7-14,17,22H,5-6,15-16H2,1-4H3,(H,27,31)/t17-,22-/m0/s1. The predicted molar refractivity (Wildman–Crippen MR) is 133 cm³/mol. The molecule has 0 saturated heterocycles. The third-order valence-corrected chi connectivity index (χ3v) is 6.84. The molecule has 0 heterocycles. The van der Waals surface area contributed by atoms with E-state index in [2.05, 4.69) is 5.32 Å². The van der Waals surface area contributed by atoms with Crippen LogP contribution in [0.3, 0.4) is 0 Å². The molecule has 2 rings (SSSR count). The number of nitrogens with zero attached hydrogens (tertiary/aromatic N) is 2. The maximum absolute atomic E-state index is 13.5. The Kier molecular flexibility index (Phi) is 9.88. The summed E-state index contributed by atoms with van der Waals surface area (Å²) in [5.74, 6) is -1.40. The number of hydrogen-bond donors (Lipinski definition) is 1. The summed E-state index contributed by atoms with van der Waals surface area (Å²) in [5, 5.41) is 3.44. The third kappa shape index (κ3) is 7.70. The van der Waals surface area contributed by atoms with E-state index in [9.17, 15) is 22.4 Å². The molecule has 0 saturated carbocycles. The van der Waals surface area contributed by atoms with Crippen LogP contribution in [0.1, 0.15) is 39.2 Å². The van der Waals surface area contributed by atoms with Crippen molar-refractivity contribution in [3.63, 3.8) is 0 Å². The number of nitrogens with one attached hydrogen (secondary N) is 1. The summed E-state index contributed by atoms with van der Waals surface area (Å²) in [7, 11) is -3.87. The largest absolute Gasteiger partial charge is 0.352 e. The fraction of sp³-hybridized carbons (Fsp3) is 0.417. The van der Waals surface area contributed by atoms with Gasteiger partial charge in [0.2, 0.25) is 21.8 Å². The molecule has 10 heteroatoms. The second kappa shape index (κ2) is 12.2. The van der Waals surface area contributed by atoms with E-state index < -0.39 is 34.3 Å².